The Bertz CT molecular complexity index is 1430. The zero-order valence-corrected chi connectivity index (χ0v) is 19.9. The molecule has 7 nitrogen and oxygen atoms in total. The van der Waals surface area contributed by atoms with Gasteiger partial charge in [0.25, 0.3) is 5.91 Å². The zero-order chi connectivity index (χ0) is 25.1. The summed E-state index contributed by atoms with van der Waals surface area (Å²) in [6.45, 7) is 3.66. The molecule has 1 aliphatic heterocycles. The van der Waals surface area contributed by atoms with Crippen LogP contribution >= 0.6 is 0 Å². The molecule has 2 aromatic heterocycles. The van der Waals surface area contributed by atoms with Crippen LogP contribution in [-0.2, 0) is 4.84 Å². The second-order valence-electron chi connectivity index (χ2n) is 8.70. The molecule has 1 amide bonds. The number of nitrogens with zero attached hydrogens (tertiary/aromatic N) is 4. The summed E-state index contributed by atoms with van der Waals surface area (Å²) in [7, 11) is 0. The first kappa shape index (κ1) is 23.3. The minimum absolute atomic E-state index is 0.315. The number of aromatic nitrogens is 3. The summed E-state index contributed by atoms with van der Waals surface area (Å²) in [5.41, 5.74) is 4.92. The highest BCUT2D eigenvalue weighted by molar-refractivity contribution is 6.05. The molecule has 3 heterocycles. The normalized spacial score (nSPS) is 15.6. The Labute approximate surface area is 208 Å². The number of oxime groups is 1. The van der Waals surface area contributed by atoms with Gasteiger partial charge in [0, 0.05) is 41.7 Å². The SMILES string of the molecule is Cc1ccc(-c2cc(C(=O)NC(C)c3cnccn3)cc(C3=NOC(c4ccccn4)C3)c2)c(F)c1. The Morgan fingerprint density at radius 3 is 2.67 bits per heavy atom. The minimum atomic E-state index is -0.366. The van der Waals surface area contributed by atoms with Crippen LogP contribution in [0.5, 0.6) is 0 Å². The van der Waals surface area contributed by atoms with E-state index >= 15 is 0 Å². The maximum absolute atomic E-state index is 14.9. The molecule has 0 saturated heterocycles. The van der Waals surface area contributed by atoms with Crippen LogP contribution in [0, 0.1) is 12.7 Å². The zero-order valence-electron chi connectivity index (χ0n) is 19.9. The van der Waals surface area contributed by atoms with Crippen LogP contribution in [-0.4, -0.2) is 26.6 Å². The number of hydrogen-bond donors (Lipinski definition) is 1. The lowest BCUT2D eigenvalue weighted by molar-refractivity contribution is 0.0826. The number of aryl methyl sites for hydroxylation is 1. The van der Waals surface area contributed by atoms with Crippen molar-refractivity contribution in [1.29, 1.82) is 0 Å². The molecule has 36 heavy (non-hydrogen) atoms. The van der Waals surface area contributed by atoms with Gasteiger partial charge in [0.1, 0.15) is 5.82 Å². The highest BCUT2D eigenvalue weighted by Crippen LogP contribution is 2.32. The van der Waals surface area contributed by atoms with Crippen molar-refractivity contribution in [1.82, 2.24) is 20.3 Å². The standard InChI is InChI=1S/C28H24FN5O2/c1-17-6-7-22(23(29)11-17)19-12-20(25-15-27(36-34-25)24-5-3-4-8-31-24)14-21(13-19)28(35)33-18(2)26-16-30-9-10-32-26/h3-14,16,18,27H,15H2,1-2H3,(H,33,35). The molecule has 4 aromatic rings. The maximum Gasteiger partial charge on any atom is 0.251 e. The summed E-state index contributed by atoms with van der Waals surface area (Å²) in [5.74, 6) is -0.674. The van der Waals surface area contributed by atoms with Gasteiger partial charge in [-0.05, 0) is 61.4 Å². The lowest BCUT2D eigenvalue weighted by Crippen LogP contribution is -2.27. The first-order chi connectivity index (χ1) is 17.5. The van der Waals surface area contributed by atoms with Crippen molar-refractivity contribution in [2.24, 2.45) is 5.16 Å². The Kier molecular flexibility index (Phi) is 6.49. The van der Waals surface area contributed by atoms with E-state index in [4.69, 9.17) is 4.84 Å². The van der Waals surface area contributed by atoms with E-state index in [2.05, 4.69) is 25.4 Å². The van der Waals surface area contributed by atoms with Gasteiger partial charge in [-0.25, -0.2) is 4.39 Å². The van der Waals surface area contributed by atoms with Crippen LogP contribution in [0.4, 0.5) is 4.39 Å². The lowest BCUT2D eigenvalue weighted by atomic mass is 9.94. The Hall–Kier alpha value is -4.46. The van der Waals surface area contributed by atoms with Gasteiger partial charge < -0.3 is 10.2 Å². The number of carbonyl (C=O) groups excluding carboxylic acids is 1. The van der Waals surface area contributed by atoms with Crippen molar-refractivity contribution in [3.05, 3.63) is 113 Å². The second kappa shape index (κ2) is 10.0. The molecule has 2 unspecified atom stereocenters. The van der Waals surface area contributed by atoms with Gasteiger partial charge >= 0.3 is 0 Å². The Morgan fingerprint density at radius 1 is 1.06 bits per heavy atom. The molecule has 5 rings (SSSR count). The van der Waals surface area contributed by atoms with Crippen LogP contribution in [0.2, 0.25) is 0 Å². The molecule has 0 saturated carbocycles. The predicted molar refractivity (Wildman–Crippen MR) is 134 cm³/mol. The third kappa shape index (κ3) is 4.98. The maximum atomic E-state index is 14.9. The Morgan fingerprint density at radius 2 is 1.92 bits per heavy atom. The summed E-state index contributed by atoms with van der Waals surface area (Å²) in [4.78, 5) is 31.6. The number of halogens is 1. The summed E-state index contributed by atoms with van der Waals surface area (Å²) < 4.78 is 14.9. The monoisotopic (exact) mass is 481 g/mol. The van der Waals surface area contributed by atoms with E-state index in [0.29, 0.717) is 40.1 Å². The fourth-order valence-corrected chi connectivity index (χ4v) is 4.10. The average molecular weight is 482 g/mol. The fraction of sp³-hybridized carbons (Fsp3) is 0.179. The molecule has 1 N–H and O–H groups in total. The van der Waals surface area contributed by atoms with Gasteiger partial charge in [-0.15, -0.1) is 0 Å². The summed E-state index contributed by atoms with van der Waals surface area (Å²) in [6.07, 6.45) is 6.62. The highest BCUT2D eigenvalue weighted by atomic mass is 19.1. The van der Waals surface area contributed by atoms with Crippen molar-refractivity contribution in [2.75, 3.05) is 0 Å². The number of rotatable bonds is 6. The average Bonchev–Trinajstić information content (AvgIpc) is 3.40. The van der Waals surface area contributed by atoms with Crippen molar-refractivity contribution in [3.8, 4) is 11.1 Å². The van der Waals surface area contributed by atoms with E-state index in [1.807, 2.05) is 44.2 Å². The quantitative estimate of drug-likeness (QED) is 0.401. The van der Waals surface area contributed by atoms with Crippen LogP contribution in [0.3, 0.4) is 0 Å². The number of benzene rings is 2. The molecule has 2 aromatic carbocycles. The number of amides is 1. The van der Waals surface area contributed by atoms with Gasteiger partial charge in [-0.3, -0.25) is 19.7 Å². The molecule has 1 aliphatic rings. The molecular formula is C28H24FN5O2. The lowest BCUT2D eigenvalue weighted by Gasteiger charge is -2.15. The van der Waals surface area contributed by atoms with Crippen molar-refractivity contribution in [2.45, 2.75) is 32.4 Å². The van der Waals surface area contributed by atoms with Crippen molar-refractivity contribution < 1.29 is 14.0 Å². The molecule has 0 bridgehead atoms. The number of pyridine rings is 1. The minimum Gasteiger partial charge on any atom is -0.385 e. The molecule has 180 valence electrons. The molecular weight excluding hydrogens is 457 g/mol. The van der Waals surface area contributed by atoms with E-state index in [1.54, 1.807) is 43.0 Å². The smallest absolute Gasteiger partial charge is 0.251 e. The van der Waals surface area contributed by atoms with Crippen LogP contribution < -0.4 is 5.32 Å². The Balaban J connectivity index is 1.49. The third-order valence-corrected chi connectivity index (χ3v) is 6.02. The van der Waals surface area contributed by atoms with E-state index in [-0.39, 0.29) is 23.9 Å². The first-order valence-corrected chi connectivity index (χ1v) is 11.6. The summed E-state index contributed by atoms with van der Waals surface area (Å²) in [6, 6.07) is 15.6. The summed E-state index contributed by atoms with van der Waals surface area (Å²) in [5, 5.41) is 7.23. The van der Waals surface area contributed by atoms with Gasteiger partial charge in [0.15, 0.2) is 6.10 Å². The molecule has 0 aliphatic carbocycles. The van der Waals surface area contributed by atoms with E-state index in [0.717, 1.165) is 11.3 Å². The molecule has 8 heteroatoms. The molecule has 0 spiro atoms. The van der Waals surface area contributed by atoms with Crippen molar-refractivity contribution in [3.63, 3.8) is 0 Å². The van der Waals surface area contributed by atoms with E-state index < -0.39 is 0 Å². The topological polar surface area (TPSA) is 89.4 Å². The van der Waals surface area contributed by atoms with E-state index in [9.17, 15) is 9.18 Å². The van der Waals surface area contributed by atoms with E-state index in [1.165, 1.54) is 6.07 Å². The highest BCUT2D eigenvalue weighted by Gasteiger charge is 2.26. The number of nitrogens with one attached hydrogen (secondary N) is 1. The van der Waals surface area contributed by atoms with Crippen LogP contribution in [0.25, 0.3) is 11.1 Å². The molecule has 0 radical (unpaired) electrons. The van der Waals surface area contributed by atoms with Gasteiger partial charge in [-0.1, -0.05) is 23.4 Å². The van der Waals surface area contributed by atoms with Gasteiger partial charge in [0.2, 0.25) is 0 Å². The van der Waals surface area contributed by atoms with Crippen LogP contribution in [0.15, 0.2) is 84.5 Å². The molecule has 2 atom stereocenters. The molecule has 0 fully saturated rings. The predicted octanol–water partition coefficient (Wildman–Crippen LogP) is 5.34. The number of hydrogen-bond acceptors (Lipinski definition) is 6. The van der Waals surface area contributed by atoms with Gasteiger partial charge in [0.05, 0.1) is 29.3 Å². The summed E-state index contributed by atoms with van der Waals surface area (Å²) >= 11 is 0. The van der Waals surface area contributed by atoms with Crippen molar-refractivity contribution >= 4 is 11.6 Å². The van der Waals surface area contributed by atoms with Crippen LogP contribution in [0.1, 0.15) is 58.4 Å². The number of carbonyl (C=O) groups is 1. The van der Waals surface area contributed by atoms with Gasteiger partial charge in [-0.2, -0.15) is 0 Å². The largest absolute Gasteiger partial charge is 0.385 e. The first-order valence-electron chi connectivity index (χ1n) is 11.6. The third-order valence-electron chi connectivity index (χ3n) is 6.02. The fourth-order valence-electron chi connectivity index (χ4n) is 4.10. The second-order valence-corrected chi connectivity index (χ2v) is 8.70.